The van der Waals surface area contributed by atoms with Crippen molar-refractivity contribution in [1.29, 1.82) is 0 Å². The normalized spacial score (nSPS) is 27.6. The van der Waals surface area contributed by atoms with Crippen molar-refractivity contribution in [2.45, 2.75) is 25.3 Å². The van der Waals surface area contributed by atoms with Crippen LogP contribution in [0.1, 0.15) is 31.2 Å². The number of piperidine rings is 1. The largest absolute Gasteiger partial charge is 0.290 e. The van der Waals surface area contributed by atoms with Gasteiger partial charge in [0.25, 0.3) is 0 Å². The lowest BCUT2D eigenvalue weighted by Crippen LogP contribution is -2.50. The summed E-state index contributed by atoms with van der Waals surface area (Å²) in [5, 5.41) is 15.5. The number of aromatic amines is 1. The first kappa shape index (κ1) is 13.5. The molecule has 2 heterocycles. The van der Waals surface area contributed by atoms with Gasteiger partial charge in [0.1, 0.15) is 5.54 Å². The number of hydrogen-bond donors (Lipinski definition) is 1. The highest BCUT2D eigenvalue weighted by molar-refractivity contribution is 6.30. The molecule has 0 aliphatic carbocycles. The first-order chi connectivity index (χ1) is 9.63. The summed E-state index contributed by atoms with van der Waals surface area (Å²) in [5.41, 5.74) is 0.876. The van der Waals surface area contributed by atoms with Crippen molar-refractivity contribution in [1.82, 2.24) is 25.5 Å². The molecule has 2 unspecified atom stereocenters. The molecule has 1 fully saturated rings. The van der Waals surface area contributed by atoms with Crippen molar-refractivity contribution in [3.63, 3.8) is 0 Å². The van der Waals surface area contributed by atoms with Crippen molar-refractivity contribution in [3.8, 4) is 0 Å². The van der Waals surface area contributed by atoms with E-state index in [-0.39, 0.29) is 5.54 Å². The number of H-pyrrole nitrogens is 1. The lowest BCUT2D eigenvalue weighted by Gasteiger charge is -2.46. The quantitative estimate of drug-likeness (QED) is 0.923. The highest BCUT2D eigenvalue weighted by Crippen LogP contribution is 2.42. The molecule has 1 aromatic heterocycles. The van der Waals surface area contributed by atoms with Crippen molar-refractivity contribution >= 4 is 11.6 Å². The fourth-order valence-electron chi connectivity index (χ4n) is 3.18. The number of hydrogen-bond acceptors (Lipinski definition) is 4. The molecule has 2 aromatic rings. The first-order valence-electron chi connectivity index (χ1n) is 6.84. The van der Waals surface area contributed by atoms with Gasteiger partial charge in [-0.25, -0.2) is 5.10 Å². The minimum absolute atomic E-state index is 0.300. The van der Waals surface area contributed by atoms with Crippen LogP contribution in [0.15, 0.2) is 24.3 Å². The number of aromatic nitrogens is 4. The van der Waals surface area contributed by atoms with Gasteiger partial charge in [-0.3, -0.25) is 4.90 Å². The molecule has 2 atom stereocenters. The topological polar surface area (TPSA) is 57.7 Å². The lowest BCUT2D eigenvalue weighted by atomic mass is 9.76. The second kappa shape index (κ2) is 5.14. The van der Waals surface area contributed by atoms with Crippen LogP contribution in [0.25, 0.3) is 0 Å². The minimum atomic E-state index is -0.300. The summed E-state index contributed by atoms with van der Waals surface area (Å²) in [6.07, 6.45) is 2.18. The Labute approximate surface area is 123 Å². The Morgan fingerprint density at radius 1 is 1.35 bits per heavy atom. The Morgan fingerprint density at radius 3 is 2.75 bits per heavy atom. The standard InChI is InChI=1S/C14H18ClN5/c1-10-7-8-20(2)14(9-10,13-16-18-19-17-13)11-3-5-12(15)6-4-11/h3-6,10H,7-9H2,1-2H3,(H,16,17,18,19). The van der Waals surface area contributed by atoms with Crippen molar-refractivity contribution in [2.75, 3.05) is 13.6 Å². The van der Waals surface area contributed by atoms with Crippen molar-refractivity contribution < 1.29 is 0 Å². The molecule has 0 saturated carbocycles. The van der Waals surface area contributed by atoms with E-state index < -0.39 is 0 Å². The number of nitrogens with zero attached hydrogens (tertiary/aromatic N) is 4. The van der Waals surface area contributed by atoms with E-state index in [2.05, 4.69) is 51.6 Å². The van der Waals surface area contributed by atoms with Gasteiger partial charge < -0.3 is 0 Å². The van der Waals surface area contributed by atoms with Gasteiger partial charge in [-0.05, 0) is 60.5 Å². The maximum atomic E-state index is 6.02. The van der Waals surface area contributed by atoms with Crippen LogP contribution in [0.3, 0.4) is 0 Å². The fourth-order valence-corrected chi connectivity index (χ4v) is 3.31. The summed E-state index contributed by atoms with van der Waals surface area (Å²) >= 11 is 6.02. The molecule has 5 nitrogen and oxygen atoms in total. The Balaban J connectivity index is 2.14. The SMILES string of the molecule is CC1CCN(C)C(c2ccc(Cl)cc2)(c2nnn[nH]2)C1. The van der Waals surface area contributed by atoms with Crippen molar-refractivity contribution in [3.05, 3.63) is 40.7 Å². The summed E-state index contributed by atoms with van der Waals surface area (Å²) < 4.78 is 0. The van der Waals surface area contributed by atoms with Gasteiger partial charge in [0, 0.05) is 5.02 Å². The molecule has 0 amide bonds. The van der Waals surface area contributed by atoms with E-state index in [1.807, 2.05) is 12.1 Å². The van der Waals surface area contributed by atoms with Crippen molar-refractivity contribution in [2.24, 2.45) is 5.92 Å². The van der Waals surface area contributed by atoms with Gasteiger partial charge in [-0.1, -0.05) is 30.7 Å². The summed E-state index contributed by atoms with van der Waals surface area (Å²) in [6.45, 7) is 3.30. The number of nitrogens with one attached hydrogen (secondary N) is 1. The fraction of sp³-hybridized carbons (Fsp3) is 0.500. The molecule has 3 rings (SSSR count). The zero-order valence-corrected chi connectivity index (χ0v) is 12.4. The number of likely N-dealkylation sites (tertiary alicyclic amines) is 1. The molecule has 1 aliphatic rings. The van der Waals surface area contributed by atoms with Crippen LogP contribution in [0.4, 0.5) is 0 Å². The maximum Gasteiger partial charge on any atom is 0.173 e. The molecular formula is C14H18ClN5. The number of rotatable bonds is 2. The Kier molecular flexibility index (Phi) is 3.48. The zero-order valence-electron chi connectivity index (χ0n) is 11.7. The monoisotopic (exact) mass is 291 g/mol. The molecule has 0 radical (unpaired) electrons. The Morgan fingerprint density at radius 2 is 2.10 bits per heavy atom. The maximum absolute atomic E-state index is 6.02. The highest BCUT2D eigenvalue weighted by Gasteiger charge is 2.45. The molecule has 1 saturated heterocycles. The van der Waals surface area contributed by atoms with Crippen LogP contribution in [0.2, 0.25) is 5.02 Å². The van der Waals surface area contributed by atoms with Crippen LogP contribution in [-0.4, -0.2) is 39.1 Å². The van der Waals surface area contributed by atoms with E-state index in [9.17, 15) is 0 Å². The van der Waals surface area contributed by atoms with Gasteiger partial charge in [0.15, 0.2) is 5.82 Å². The average molecular weight is 292 g/mol. The Hall–Kier alpha value is -1.46. The van der Waals surface area contributed by atoms with E-state index in [0.29, 0.717) is 5.92 Å². The van der Waals surface area contributed by atoms with E-state index in [1.165, 1.54) is 12.0 Å². The predicted molar refractivity (Wildman–Crippen MR) is 77.4 cm³/mol. The van der Waals surface area contributed by atoms with E-state index in [4.69, 9.17) is 11.6 Å². The van der Waals surface area contributed by atoms with Gasteiger partial charge in [-0.2, -0.15) is 0 Å². The zero-order chi connectivity index (χ0) is 14.2. The van der Waals surface area contributed by atoms with Gasteiger partial charge in [-0.15, -0.1) is 5.10 Å². The molecule has 6 heteroatoms. The highest BCUT2D eigenvalue weighted by atomic mass is 35.5. The summed E-state index contributed by atoms with van der Waals surface area (Å²) in [5.74, 6) is 1.42. The van der Waals surface area contributed by atoms with Crippen LogP contribution in [0, 0.1) is 5.92 Å². The van der Waals surface area contributed by atoms with Crippen LogP contribution in [0.5, 0.6) is 0 Å². The number of tetrazole rings is 1. The third kappa shape index (κ3) is 2.11. The third-order valence-electron chi connectivity index (χ3n) is 4.31. The van der Waals surface area contributed by atoms with Crippen LogP contribution >= 0.6 is 11.6 Å². The smallest absolute Gasteiger partial charge is 0.173 e. The van der Waals surface area contributed by atoms with Gasteiger partial charge >= 0.3 is 0 Å². The molecule has 20 heavy (non-hydrogen) atoms. The first-order valence-corrected chi connectivity index (χ1v) is 7.22. The average Bonchev–Trinajstić information content (AvgIpc) is 2.97. The summed E-state index contributed by atoms with van der Waals surface area (Å²) in [7, 11) is 2.13. The third-order valence-corrected chi connectivity index (χ3v) is 4.56. The predicted octanol–water partition coefficient (Wildman–Crippen LogP) is 2.46. The van der Waals surface area contributed by atoms with E-state index >= 15 is 0 Å². The number of benzene rings is 1. The lowest BCUT2D eigenvalue weighted by molar-refractivity contribution is 0.0709. The van der Waals surface area contributed by atoms with Gasteiger partial charge in [0.05, 0.1) is 0 Å². The van der Waals surface area contributed by atoms with Gasteiger partial charge in [0.2, 0.25) is 0 Å². The van der Waals surface area contributed by atoms with Crippen LogP contribution in [-0.2, 0) is 5.54 Å². The summed E-state index contributed by atoms with van der Waals surface area (Å²) in [6, 6.07) is 7.99. The number of halogens is 1. The Bertz CT molecular complexity index is 568. The minimum Gasteiger partial charge on any atom is -0.290 e. The second-order valence-electron chi connectivity index (χ2n) is 5.64. The van der Waals surface area contributed by atoms with Crippen LogP contribution < -0.4 is 0 Å². The summed E-state index contributed by atoms with van der Waals surface area (Å²) in [4.78, 5) is 2.33. The van der Waals surface area contributed by atoms with E-state index in [1.54, 1.807) is 0 Å². The molecule has 0 spiro atoms. The molecule has 1 aromatic carbocycles. The molecule has 1 aliphatic heterocycles. The van der Waals surface area contributed by atoms with E-state index in [0.717, 1.165) is 23.8 Å². The molecular weight excluding hydrogens is 274 g/mol. The molecule has 106 valence electrons. The second-order valence-corrected chi connectivity index (χ2v) is 6.07. The molecule has 0 bridgehead atoms. The molecule has 1 N–H and O–H groups in total.